The fourth-order valence-electron chi connectivity index (χ4n) is 1.97. The molecule has 1 aliphatic carbocycles. The Morgan fingerprint density at radius 1 is 1.47 bits per heavy atom. The molecule has 0 bridgehead atoms. The highest BCUT2D eigenvalue weighted by atomic mass is 16.3. The lowest BCUT2D eigenvalue weighted by atomic mass is 9.78. The number of hydrogen-bond donors (Lipinski definition) is 3. The number of carbonyl (C=O) groups excluding carboxylic acids is 1. The topological polar surface area (TPSA) is 77.8 Å². The smallest absolute Gasteiger partial charge is 0.202 e. The van der Waals surface area contributed by atoms with Crippen LogP contribution in [-0.2, 0) is 4.79 Å². The molecule has 3 atom stereocenters. The first-order valence-corrected chi connectivity index (χ1v) is 6.21. The van der Waals surface area contributed by atoms with E-state index in [2.05, 4.69) is 11.8 Å². The van der Waals surface area contributed by atoms with Crippen molar-refractivity contribution in [2.75, 3.05) is 0 Å². The molecule has 4 nitrogen and oxygen atoms in total. The Labute approximate surface area is 113 Å². The van der Waals surface area contributed by atoms with Crippen molar-refractivity contribution in [3.63, 3.8) is 0 Å². The fourth-order valence-corrected chi connectivity index (χ4v) is 1.97. The normalized spacial score (nSPS) is 29.9. The van der Waals surface area contributed by atoms with Gasteiger partial charge in [0.2, 0.25) is 5.78 Å². The van der Waals surface area contributed by atoms with Gasteiger partial charge in [-0.05, 0) is 32.3 Å². The average molecular weight is 264 g/mol. The van der Waals surface area contributed by atoms with E-state index in [0.717, 1.165) is 5.57 Å². The SMILES string of the molecule is CC(=O)C#CC1=CC(O)CC(O)(CC=C(C)C)C1O. The summed E-state index contributed by atoms with van der Waals surface area (Å²) in [5.41, 5.74) is -0.244. The summed E-state index contributed by atoms with van der Waals surface area (Å²) in [5, 5.41) is 30.3. The van der Waals surface area contributed by atoms with Crippen molar-refractivity contribution in [3.05, 3.63) is 23.3 Å². The molecule has 0 heterocycles. The second kappa shape index (κ2) is 6.16. The standard InChI is InChI=1S/C15H20O4/c1-10(2)6-7-15(19)9-13(17)8-12(14(15)18)5-4-11(3)16/h6,8,13-14,17-19H,7,9H2,1-3H3. The van der Waals surface area contributed by atoms with Crippen LogP contribution < -0.4 is 0 Å². The zero-order chi connectivity index (χ0) is 14.6. The molecule has 3 unspecified atom stereocenters. The molecule has 0 radical (unpaired) electrons. The molecule has 104 valence electrons. The Bertz CT molecular complexity index is 474. The Morgan fingerprint density at radius 3 is 2.63 bits per heavy atom. The van der Waals surface area contributed by atoms with Crippen molar-refractivity contribution in [3.8, 4) is 11.8 Å². The Kier molecular flexibility index (Phi) is 5.07. The van der Waals surface area contributed by atoms with E-state index in [0.29, 0.717) is 0 Å². The maximum Gasteiger partial charge on any atom is 0.202 e. The second-order valence-corrected chi connectivity index (χ2v) is 5.19. The maximum absolute atomic E-state index is 10.8. The third-order valence-corrected chi connectivity index (χ3v) is 2.98. The third kappa shape index (κ3) is 4.32. The van der Waals surface area contributed by atoms with Gasteiger partial charge in [-0.25, -0.2) is 0 Å². The highest BCUT2D eigenvalue weighted by molar-refractivity contribution is 5.93. The van der Waals surface area contributed by atoms with E-state index in [1.807, 2.05) is 13.8 Å². The first-order valence-electron chi connectivity index (χ1n) is 6.21. The highest BCUT2D eigenvalue weighted by Gasteiger charge is 2.41. The van der Waals surface area contributed by atoms with E-state index in [4.69, 9.17) is 0 Å². The van der Waals surface area contributed by atoms with Crippen LogP contribution in [0.4, 0.5) is 0 Å². The molecule has 0 aromatic heterocycles. The molecular weight excluding hydrogens is 244 g/mol. The lowest BCUT2D eigenvalue weighted by molar-refractivity contribution is -0.111. The minimum absolute atomic E-state index is 0.0448. The quantitative estimate of drug-likeness (QED) is 0.390. The first kappa shape index (κ1) is 15.6. The lowest BCUT2D eigenvalue weighted by Crippen LogP contribution is -2.48. The van der Waals surface area contributed by atoms with Crippen molar-refractivity contribution < 1.29 is 20.1 Å². The van der Waals surface area contributed by atoms with Gasteiger partial charge in [0.1, 0.15) is 11.7 Å². The zero-order valence-corrected chi connectivity index (χ0v) is 11.5. The van der Waals surface area contributed by atoms with E-state index in [-0.39, 0.29) is 24.2 Å². The van der Waals surface area contributed by atoms with E-state index in [1.54, 1.807) is 6.08 Å². The highest BCUT2D eigenvalue weighted by Crippen LogP contribution is 2.32. The van der Waals surface area contributed by atoms with Crippen LogP contribution in [0.15, 0.2) is 23.3 Å². The molecule has 0 aromatic carbocycles. The number of carbonyl (C=O) groups is 1. The molecule has 19 heavy (non-hydrogen) atoms. The number of allylic oxidation sites excluding steroid dienone is 1. The third-order valence-electron chi connectivity index (χ3n) is 2.98. The molecule has 0 saturated heterocycles. The predicted octanol–water partition coefficient (Wildman–Crippen LogP) is 0.718. The number of hydrogen-bond acceptors (Lipinski definition) is 4. The van der Waals surface area contributed by atoms with Crippen LogP contribution in [0.25, 0.3) is 0 Å². The van der Waals surface area contributed by atoms with Crippen LogP contribution >= 0.6 is 0 Å². The first-order chi connectivity index (χ1) is 8.74. The van der Waals surface area contributed by atoms with Gasteiger partial charge in [-0.2, -0.15) is 0 Å². The van der Waals surface area contributed by atoms with Gasteiger partial charge < -0.3 is 15.3 Å². The summed E-state index contributed by atoms with van der Waals surface area (Å²) < 4.78 is 0. The van der Waals surface area contributed by atoms with Gasteiger partial charge in [0, 0.05) is 18.9 Å². The van der Waals surface area contributed by atoms with Gasteiger partial charge in [-0.1, -0.05) is 17.6 Å². The monoisotopic (exact) mass is 264 g/mol. The molecule has 0 fully saturated rings. The van der Waals surface area contributed by atoms with Crippen LogP contribution in [0.1, 0.15) is 33.6 Å². The Hall–Kier alpha value is -1.41. The number of rotatable bonds is 2. The molecule has 0 spiro atoms. The Morgan fingerprint density at radius 2 is 2.11 bits per heavy atom. The molecule has 0 saturated carbocycles. The van der Waals surface area contributed by atoms with E-state index >= 15 is 0 Å². The van der Waals surface area contributed by atoms with Gasteiger partial charge in [-0.15, -0.1) is 0 Å². The summed E-state index contributed by atoms with van der Waals surface area (Å²) in [7, 11) is 0. The maximum atomic E-state index is 10.8. The lowest BCUT2D eigenvalue weighted by Gasteiger charge is -2.37. The Balaban J connectivity index is 3.02. The van der Waals surface area contributed by atoms with E-state index in [9.17, 15) is 20.1 Å². The number of Topliss-reactive ketones (excluding diaryl/α,β-unsaturated/α-hetero) is 1. The van der Waals surface area contributed by atoms with Gasteiger partial charge >= 0.3 is 0 Å². The zero-order valence-electron chi connectivity index (χ0n) is 11.5. The molecule has 0 aromatic rings. The summed E-state index contributed by atoms with van der Waals surface area (Å²) >= 11 is 0. The van der Waals surface area contributed by atoms with Crippen LogP contribution in [0, 0.1) is 11.8 Å². The number of aliphatic hydroxyl groups is 3. The van der Waals surface area contributed by atoms with Gasteiger partial charge in [0.15, 0.2) is 0 Å². The molecule has 4 heteroatoms. The second-order valence-electron chi connectivity index (χ2n) is 5.19. The predicted molar refractivity (Wildman–Crippen MR) is 72.2 cm³/mol. The molecule has 0 amide bonds. The van der Waals surface area contributed by atoms with Crippen molar-refractivity contribution >= 4 is 5.78 Å². The van der Waals surface area contributed by atoms with Gasteiger partial charge in [0.25, 0.3) is 0 Å². The van der Waals surface area contributed by atoms with E-state index in [1.165, 1.54) is 13.0 Å². The van der Waals surface area contributed by atoms with Gasteiger partial charge in [0.05, 0.1) is 6.10 Å². The number of ketones is 1. The number of aliphatic hydroxyl groups excluding tert-OH is 2. The van der Waals surface area contributed by atoms with Crippen molar-refractivity contribution in [1.29, 1.82) is 0 Å². The summed E-state index contributed by atoms with van der Waals surface area (Å²) in [6.07, 6.45) is 1.39. The largest absolute Gasteiger partial charge is 0.389 e. The van der Waals surface area contributed by atoms with Crippen molar-refractivity contribution in [1.82, 2.24) is 0 Å². The molecule has 1 rings (SSSR count). The summed E-state index contributed by atoms with van der Waals surface area (Å²) in [6.45, 7) is 5.09. The van der Waals surface area contributed by atoms with Crippen LogP contribution in [0.2, 0.25) is 0 Å². The summed E-state index contributed by atoms with van der Waals surface area (Å²) in [4.78, 5) is 10.8. The minimum Gasteiger partial charge on any atom is -0.389 e. The molecular formula is C15H20O4. The molecule has 0 aliphatic heterocycles. The van der Waals surface area contributed by atoms with Gasteiger partial charge in [-0.3, -0.25) is 4.79 Å². The summed E-state index contributed by atoms with van der Waals surface area (Å²) in [5.74, 6) is 4.50. The molecule has 1 aliphatic rings. The average Bonchev–Trinajstić information content (AvgIpc) is 2.29. The van der Waals surface area contributed by atoms with Crippen molar-refractivity contribution in [2.45, 2.75) is 51.4 Å². The minimum atomic E-state index is -1.45. The fraction of sp³-hybridized carbons (Fsp3) is 0.533. The van der Waals surface area contributed by atoms with E-state index < -0.39 is 17.8 Å². The summed E-state index contributed by atoms with van der Waals surface area (Å²) in [6, 6.07) is 0. The van der Waals surface area contributed by atoms with Crippen LogP contribution in [0.5, 0.6) is 0 Å². The van der Waals surface area contributed by atoms with Crippen LogP contribution in [0.3, 0.4) is 0 Å². The molecule has 3 N–H and O–H groups in total. The van der Waals surface area contributed by atoms with Crippen molar-refractivity contribution in [2.24, 2.45) is 0 Å². The van der Waals surface area contributed by atoms with Crippen LogP contribution in [-0.4, -0.2) is 38.9 Å².